The Labute approximate surface area is 87.7 Å². The number of aliphatic carboxylic acids is 1. The first kappa shape index (κ1) is 14.1. The van der Waals surface area contributed by atoms with Crippen molar-refractivity contribution < 1.29 is 27.5 Å². The van der Waals surface area contributed by atoms with Gasteiger partial charge < -0.3 is 10.8 Å². The van der Waals surface area contributed by atoms with Crippen molar-refractivity contribution in [3.05, 3.63) is 23.8 Å². The van der Waals surface area contributed by atoms with Crippen LogP contribution in [0.5, 0.6) is 0 Å². The lowest BCUT2D eigenvalue weighted by Gasteiger charge is -1.96. The summed E-state index contributed by atoms with van der Waals surface area (Å²) < 4.78 is 44.2. The predicted octanol–water partition coefficient (Wildman–Crippen LogP) is 1.74. The third-order valence-corrected chi connectivity index (χ3v) is 1.44. The predicted molar refractivity (Wildman–Crippen MR) is 47.0 cm³/mol. The molecule has 0 unspecified atom stereocenters. The van der Waals surface area contributed by atoms with Gasteiger partial charge in [-0.15, -0.1) is 0 Å². The summed E-state index contributed by atoms with van der Waals surface area (Å²) in [6.07, 6.45) is -2.51. The lowest BCUT2D eigenvalue weighted by Crippen LogP contribution is -2.21. The second-order valence-electron chi connectivity index (χ2n) is 2.64. The maximum absolute atomic E-state index is 12.4. The van der Waals surface area contributed by atoms with Crippen LogP contribution in [0.1, 0.15) is 5.56 Å². The molecule has 1 aromatic rings. The SMILES string of the molecule is Cc1c(N)cncc1F.O=C(O)C(F)(F)F. The highest BCUT2D eigenvalue weighted by atomic mass is 19.4. The van der Waals surface area contributed by atoms with Gasteiger partial charge in [0.15, 0.2) is 0 Å². The van der Waals surface area contributed by atoms with Gasteiger partial charge in [0.1, 0.15) is 5.82 Å². The van der Waals surface area contributed by atoms with Crippen molar-refractivity contribution in [2.75, 3.05) is 5.73 Å². The highest BCUT2D eigenvalue weighted by Gasteiger charge is 2.38. The number of halogens is 4. The van der Waals surface area contributed by atoms with Gasteiger partial charge in [-0.1, -0.05) is 0 Å². The van der Waals surface area contributed by atoms with E-state index in [0.29, 0.717) is 11.3 Å². The fourth-order valence-corrected chi connectivity index (χ4v) is 0.515. The minimum Gasteiger partial charge on any atom is -0.475 e. The fourth-order valence-electron chi connectivity index (χ4n) is 0.515. The largest absolute Gasteiger partial charge is 0.490 e. The molecular weight excluding hydrogens is 232 g/mol. The Morgan fingerprint density at radius 1 is 1.44 bits per heavy atom. The molecule has 0 spiro atoms. The van der Waals surface area contributed by atoms with Crippen LogP contribution in [0.4, 0.5) is 23.2 Å². The number of nitrogens with two attached hydrogens (primary N) is 1. The summed E-state index contributed by atoms with van der Waals surface area (Å²) in [5.74, 6) is -3.11. The summed E-state index contributed by atoms with van der Waals surface area (Å²) in [4.78, 5) is 12.4. The molecule has 0 aliphatic rings. The Hall–Kier alpha value is -1.86. The maximum atomic E-state index is 12.4. The summed E-state index contributed by atoms with van der Waals surface area (Å²) in [6.45, 7) is 1.62. The van der Waals surface area contributed by atoms with Crippen molar-refractivity contribution in [3.8, 4) is 0 Å². The molecular formula is C8H8F4N2O2. The number of rotatable bonds is 0. The monoisotopic (exact) mass is 240 g/mol. The number of anilines is 1. The van der Waals surface area contributed by atoms with Gasteiger partial charge in [0.05, 0.1) is 18.1 Å². The molecule has 0 fully saturated rings. The molecule has 0 saturated heterocycles. The van der Waals surface area contributed by atoms with Crippen LogP contribution in [0.15, 0.2) is 12.4 Å². The smallest absolute Gasteiger partial charge is 0.475 e. The molecule has 3 N–H and O–H groups in total. The number of carbonyl (C=O) groups is 1. The average Bonchev–Trinajstić information content (AvgIpc) is 2.13. The number of aromatic nitrogens is 1. The summed E-state index contributed by atoms with van der Waals surface area (Å²) in [5, 5.41) is 7.12. The van der Waals surface area contributed by atoms with Crippen molar-refractivity contribution >= 4 is 11.7 Å². The van der Waals surface area contributed by atoms with Gasteiger partial charge in [-0.3, -0.25) is 4.98 Å². The highest BCUT2D eigenvalue weighted by molar-refractivity contribution is 5.73. The van der Waals surface area contributed by atoms with Crippen LogP contribution < -0.4 is 5.73 Å². The topological polar surface area (TPSA) is 76.2 Å². The Morgan fingerprint density at radius 2 is 1.88 bits per heavy atom. The van der Waals surface area contributed by atoms with Gasteiger partial charge in [-0.05, 0) is 6.92 Å². The van der Waals surface area contributed by atoms with E-state index in [4.69, 9.17) is 15.6 Å². The number of hydrogen-bond donors (Lipinski definition) is 2. The maximum Gasteiger partial charge on any atom is 0.490 e. The number of alkyl halides is 3. The summed E-state index contributed by atoms with van der Waals surface area (Å²) in [7, 11) is 0. The lowest BCUT2D eigenvalue weighted by atomic mass is 10.2. The Bertz CT molecular complexity index is 359. The Balaban J connectivity index is 0.000000293. The van der Waals surface area contributed by atoms with E-state index in [2.05, 4.69) is 4.98 Å². The van der Waals surface area contributed by atoms with E-state index in [-0.39, 0.29) is 5.82 Å². The normalized spacial score (nSPS) is 10.3. The molecule has 1 heterocycles. The minimum atomic E-state index is -5.08. The van der Waals surface area contributed by atoms with Crippen molar-refractivity contribution in [1.29, 1.82) is 0 Å². The molecule has 8 heteroatoms. The number of carboxylic acid groups (broad SMARTS) is 1. The van der Waals surface area contributed by atoms with E-state index in [0.717, 1.165) is 6.20 Å². The van der Waals surface area contributed by atoms with Crippen LogP contribution >= 0.6 is 0 Å². The first-order chi connectivity index (χ1) is 7.16. The van der Waals surface area contributed by atoms with Crippen LogP contribution in [0.25, 0.3) is 0 Å². The van der Waals surface area contributed by atoms with Crippen LogP contribution in [-0.2, 0) is 4.79 Å². The lowest BCUT2D eigenvalue weighted by molar-refractivity contribution is -0.192. The molecule has 0 saturated carbocycles. The molecule has 0 atom stereocenters. The minimum absolute atomic E-state index is 0.352. The Morgan fingerprint density at radius 3 is 2.12 bits per heavy atom. The summed E-state index contributed by atoms with van der Waals surface area (Å²) >= 11 is 0. The van der Waals surface area contributed by atoms with E-state index in [1.807, 2.05) is 0 Å². The number of carboxylic acids is 1. The van der Waals surface area contributed by atoms with Gasteiger partial charge in [-0.25, -0.2) is 9.18 Å². The third kappa shape index (κ3) is 4.58. The van der Waals surface area contributed by atoms with Crippen LogP contribution in [-0.4, -0.2) is 22.2 Å². The number of hydrogen-bond acceptors (Lipinski definition) is 3. The van der Waals surface area contributed by atoms with E-state index in [1.165, 1.54) is 6.20 Å². The zero-order valence-corrected chi connectivity index (χ0v) is 8.05. The highest BCUT2D eigenvalue weighted by Crippen LogP contribution is 2.13. The second-order valence-corrected chi connectivity index (χ2v) is 2.64. The number of nitrogen functional groups attached to an aromatic ring is 1. The number of pyridine rings is 1. The van der Waals surface area contributed by atoms with E-state index in [1.54, 1.807) is 6.92 Å². The van der Waals surface area contributed by atoms with Crippen molar-refractivity contribution in [2.45, 2.75) is 13.1 Å². The van der Waals surface area contributed by atoms with Crippen LogP contribution in [0.2, 0.25) is 0 Å². The van der Waals surface area contributed by atoms with Gasteiger partial charge in [0.2, 0.25) is 0 Å². The first-order valence-electron chi connectivity index (χ1n) is 3.82. The molecule has 0 radical (unpaired) electrons. The van der Waals surface area contributed by atoms with Gasteiger partial charge >= 0.3 is 12.1 Å². The second kappa shape index (κ2) is 5.29. The molecule has 0 aliphatic carbocycles. The third-order valence-electron chi connectivity index (χ3n) is 1.44. The quantitative estimate of drug-likeness (QED) is 0.677. The van der Waals surface area contributed by atoms with Crippen molar-refractivity contribution in [3.63, 3.8) is 0 Å². The summed E-state index contributed by atoms with van der Waals surface area (Å²) in [6, 6.07) is 0. The zero-order valence-electron chi connectivity index (χ0n) is 8.05. The van der Waals surface area contributed by atoms with Crippen LogP contribution in [0, 0.1) is 12.7 Å². The molecule has 4 nitrogen and oxygen atoms in total. The Kier molecular flexibility index (Phi) is 4.67. The molecule has 90 valence electrons. The van der Waals surface area contributed by atoms with Crippen LogP contribution in [0.3, 0.4) is 0 Å². The van der Waals surface area contributed by atoms with Gasteiger partial charge in [-0.2, -0.15) is 13.2 Å². The molecule has 0 bridgehead atoms. The van der Waals surface area contributed by atoms with Crippen molar-refractivity contribution in [1.82, 2.24) is 4.98 Å². The van der Waals surface area contributed by atoms with E-state index < -0.39 is 12.1 Å². The first-order valence-corrected chi connectivity index (χ1v) is 3.82. The average molecular weight is 240 g/mol. The van der Waals surface area contributed by atoms with Gasteiger partial charge in [0, 0.05) is 5.56 Å². The van der Waals surface area contributed by atoms with Gasteiger partial charge in [0.25, 0.3) is 0 Å². The van der Waals surface area contributed by atoms with Crippen molar-refractivity contribution in [2.24, 2.45) is 0 Å². The standard InChI is InChI=1S/C6H7FN2.C2HF3O2/c1-4-5(7)2-9-3-6(4)8;3-2(4,5)1(6)7/h2-3H,8H2,1H3;(H,6,7). The summed E-state index contributed by atoms with van der Waals surface area (Å²) in [5.41, 5.74) is 6.18. The molecule has 1 aromatic heterocycles. The van der Waals surface area contributed by atoms with E-state index >= 15 is 0 Å². The molecule has 0 amide bonds. The number of nitrogens with zero attached hydrogens (tertiary/aromatic N) is 1. The molecule has 0 aliphatic heterocycles. The molecule has 16 heavy (non-hydrogen) atoms. The fraction of sp³-hybridized carbons (Fsp3) is 0.250. The van der Waals surface area contributed by atoms with E-state index in [9.17, 15) is 17.6 Å². The molecule has 0 aromatic carbocycles. The zero-order chi connectivity index (χ0) is 12.9. The molecule has 1 rings (SSSR count).